The second kappa shape index (κ2) is 8.79. The first kappa shape index (κ1) is 13.2. The van der Waals surface area contributed by atoms with Gasteiger partial charge in [-0.05, 0) is 19.3 Å². The molecule has 1 amide bonds. The summed E-state index contributed by atoms with van der Waals surface area (Å²) in [5, 5.41) is 0. The van der Waals surface area contributed by atoms with Crippen LogP contribution in [0.4, 0.5) is 0 Å². The zero-order valence-electron chi connectivity index (χ0n) is 9.59. The lowest BCUT2D eigenvalue weighted by Gasteiger charge is -2.09. The summed E-state index contributed by atoms with van der Waals surface area (Å²) in [6, 6.07) is 0. The zero-order chi connectivity index (χ0) is 10.8. The largest absolute Gasteiger partial charge is 0.349 e. The maximum Gasteiger partial charge on any atom is 0.222 e. The van der Waals surface area contributed by atoms with E-state index in [4.69, 9.17) is 0 Å². The molecule has 2 heteroatoms. The molecule has 0 fully saturated rings. The molecule has 0 radical (unpaired) electrons. The summed E-state index contributed by atoms with van der Waals surface area (Å²) < 4.78 is 0. The monoisotopic (exact) mass is 197 g/mol. The van der Waals surface area contributed by atoms with Crippen LogP contribution in [0.5, 0.6) is 0 Å². The van der Waals surface area contributed by atoms with E-state index in [0.29, 0.717) is 6.42 Å². The van der Waals surface area contributed by atoms with Gasteiger partial charge in [-0.15, -0.1) is 6.58 Å². The van der Waals surface area contributed by atoms with Crippen molar-refractivity contribution in [1.82, 2.24) is 4.90 Å². The molecular weight excluding hydrogens is 174 g/mol. The van der Waals surface area contributed by atoms with Crippen molar-refractivity contribution in [2.75, 3.05) is 14.1 Å². The van der Waals surface area contributed by atoms with Crippen molar-refractivity contribution < 1.29 is 4.79 Å². The Morgan fingerprint density at radius 3 is 2.29 bits per heavy atom. The highest BCUT2D eigenvalue weighted by Crippen LogP contribution is 2.07. The molecule has 14 heavy (non-hydrogen) atoms. The minimum atomic E-state index is 0.246. The fourth-order valence-corrected chi connectivity index (χ4v) is 1.32. The first-order chi connectivity index (χ1) is 6.68. The second-order valence-corrected chi connectivity index (χ2v) is 3.88. The molecule has 0 heterocycles. The molecule has 2 nitrogen and oxygen atoms in total. The first-order valence-electron chi connectivity index (χ1n) is 5.49. The minimum absolute atomic E-state index is 0.246. The number of carbonyl (C=O) groups excluding carboxylic acids is 1. The highest BCUT2D eigenvalue weighted by atomic mass is 16.2. The van der Waals surface area contributed by atoms with Crippen molar-refractivity contribution in [3.05, 3.63) is 12.7 Å². The number of allylic oxidation sites excluding steroid dienone is 1. The van der Waals surface area contributed by atoms with Gasteiger partial charge in [-0.3, -0.25) is 4.79 Å². The van der Waals surface area contributed by atoms with Gasteiger partial charge >= 0.3 is 0 Å². The van der Waals surface area contributed by atoms with Crippen molar-refractivity contribution in [3.63, 3.8) is 0 Å². The average molecular weight is 197 g/mol. The Morgan fingerprint density at radius 2 is 1.71 bits per heavy atom. The Balaban J connectivity index is 3.13. The fourth-order valence-electron chi connectivity index (χ4n) is 1.32. The van der Waals surface area contributed by atoms with Gasteiger partial charge in [0, 0.05) is 20.5 Å². The van der Waals surface area contributed by atoms with Crippen LogP contribution in [0.2, 0.25) is 0 Å². The SMILES string of the molecule is C=CCCCCCCCC(=O)N(C)C. The minimum Gasteiger partial charge on any atom is -0.349 e. The Hall–Kier alpha value is -0.790. The van der Waals surface area contributed by atoms with E-state index in [1.54, 1.807) is 4.90 Å². The van der Waals surface area contributed by atoms with Crippen molar-refractivity contribution in [3.8, 4) is 0 Å². The van der Waals surface area contributed by atoms with E-state index in [0.717, 1.165) is 12.8 Å². The quantitative estimate of drug-likeness (QED) is 0.433. The summed E-state index contributed by atoms with van der Waals surface area (Å²) >= 11 is 0. The van der Waals surface area contributed by atoms with Gasteiger partial charge < -0.3 is 4.90 Å². The number of rotatable bonds is 8. The summed E-state index contributed by atoms with van der Waals surface area (Å²) in [6.45, 7) is 3.69. The summed E-state index contributed by atoms with van der Waals surface area (Å²) in [6.07, 6.45) is 9.75. The highest BCUT2D eigenvalue weighted by Gasteiger charge is 2.02. The number of amides is 1. The van der Waals surface area contributed by atoms with Crippen LogP contribution in [-0.2, 0) is 4.79 Å². The van der Waals surface area contributed by atoms with Crippen LogP contribution in [0.15, 0.2) is 12.7 Å². The summed E-state index contributed by atoms with van der Waals surface area (Å²) in [7, 11) is 3.62. The molecule has 0 unspecified atom stereocenters. The molecule has 0 aliphatic carbocycles. The summed E-state index contributed by atoms with van der Waals surface area (Å²) in [5.41, 5.74) is 0. The molecule has 0 saturated heterocycles. The van der Waals surface area contributed by atoms with E-state index in [1.807, 2.05) is 20.2 Å². The zero-order valence-corrected chi connectivity index (χ0v) is 9.59. The van der Waals surface area contributed by atoms with Crippen molar-refractivity contribution in [2.24, 2.45) is 0 Å². The molecule has 0 aromatic heterocycles. The Bertz CT molecular complexity index is 164. The number of hydrogen-bond acceptors (Lipinski definition) is 1. The van der Waals surface area contributed by atoms with Crippen LogP contribution in [0, 0.1) is 0 Å². The van der Waals surface area contributed by atoms with Crippen molar-refractivity contribution in [2.45, 2.75) is 44.9 Å². The standard InChI is InChI=1S/C12H23NO/c1-4-5-6-7-8-9-10-11-12(14)13(2)3/h4H,1,5-11H2,2-3H3. The maximum absolute atomic E-state index is 11.2. The molecule has 0 saturated carbocycles. The smallest absolute Gasteiger partial charge is 0.222 e. The van der Waals surface area contributed by atoms with Crippen LogP contribution in [-0.4, -0.2) is 24.9 Å². The molecular formula is C12H23NO. The number of carbonyl (C=O) groups is 1. The lowest BCUT2D eigenvalue weighted by atomic mass is 10.1. The highest BCUT2D eigenvalue weighted by molar-refractivity contribution is 5.75. The third-order valence-corrected chi connectivity index (χ3v) is 2.30. The fraction of sp³-hybridized carbons (Fsp3) is 0.750. The van der Waals surface area contributed by atoms with Gasteiger partial charge in [0.05, 0.1) is 0 Å². The Kier molecular flexibility index (Phi) is 8.30. The molecule has 0 spiro atoms. The van der Waals surface area contributed by atoms with Crippen LogP contribution in [0.1, 0.15) is 44.9 Å². The predicted molar refractivity (Wildman–Crippen MR) is 61.2 cm³/mol. The van der Waals surface area contributed by atoms with E-state index in [-0.39, 0.29) is 5.91 Å². The van der Waals surface area contributed by atoms with E-state index < -0.39 is 0 Å². The maximum atomic E-state index is 11.2. The number of hydrogen-bond donors (Lipinski definition) is 0. The van der Waals surface area contributed by atoms with Gasteiger partial charge in [0.25, 0.3) is 0 Å². The topological polar surface area (TPSA) is 20.3 Å². The molecule has 0 N–H and O–H groups in total. The molecule has 0 bridgehead atoms. The summed E-state index contributed by atoms with van der Waals surface area (Å²) in [5.74, 6) is 0.246. The lowest BCUT2D eigenvalue weighted by molar-refractivity contribution is -0.128. The third kappa shape index (κ3) is 7.84. The molecule has 82 valence electrons. The van der Waals surface area contributed by atoms with Crippen molar-refractivity contribution in [1.29, 1.82) is 0 Å². The van der Waals surface area contributed by atoms with Gasteiger partial charge in [0.1, 0.15) is 0 Å². The number of unbranched alkanes of at least 4 members (excludes halogenated alkanes) is 5. The van der Waals surface area contributed by atoms with Crippen LogP contribution >= 0.6 is 0 Å². The molecule has 0 rings (SSSR count). The normalized spacial score (nSPS) is 9.86. The van der Waals surface area contributed by atoms with Gasteiger partial charge in [-0.25, -0.2) is 0 Å². The van der Waals surface area contributed by atoms with E-state index in [1.165, 1.54) is 25.7 Å². The average Bonchev–Trinajstić information content (AvgIpc) is 2.16. The molecule has 0 aromatic rings. The van der Waals surface area contributed by atoms with Gasteiger partial charge in [0.2, 0.25) is 5.91 Å². The summed E-state index contributed by atoms with van der Waals surface area (Å²) in [4.78, 5) is 12.9. The Labute approximate surface area is 88.0 Å². The van der Waals surface area contributed by atoms with Gasteiger partial charge in [-0.2, -0.15) is 0 Å². The Morgan fingerprint density at radius 1 is 1.14 bits per heavy atom. The molecule has 0 aliphatic rings. The van der Waals surface area contributed by atoms with E-state index in [2.05, 4.69) is 6.58 Å². The van der Waals surface area contributed by atoms with Gasteiger partial charge in [0.15, 0.2) is 0 Å². The van der Waals surface area contributed by atoms with Crippen molar-refractivity contribution >= 4 is 5.91 Å². The van der Waals surface area contributed by atoms with Gasteiger partial charge in [-0.1, -0.05) is 25.3 Å². The molecule has 0 aliphatic heterocycles. The number of nitrogens with zero attached hydrogens (tertiary/aromatic N) is 1. The van der Waals surface area contributed by atoms with E-state index >= 15 is 0 Å². The first-order valence-corrected chi connectivity index (χ1v) is 5.49. The second-order valence-electron chi connectivity index (χ2n) is 3.88. The lowest BCUT2D eigenvalue weighted by Crippen LogP contribution is -2.20. The van der Waals surface area contributed by atoms with Crippen LogP contribution in [0.25, 0.3) is 0 Å². The predicted octanol–water partition coefficient (Wildman–Crippen LogP) is 2.99. The third-order valence-electron chi connectivity index (χ3n) is 2.30. The van der Waals surface area contributed by atoms with Crippen LogP contribution in [0.3, 0.4) is 0 Å². The van der Waals surface area contributed by atoms with E-state index in [9.17, 15) is 4.79 Å². The molecule has 0 aromatic carbocycles. The van der Waals surface area contributed by atoms with Crippen LogP contribution < -0.4 is 0 Å². The molecule has 0 atom stereocenters.